The van der Waals surface area contributed by atoms with Gasteiger partial charge in [0.05, 0.1) is 11.8 Å². The minimum Gasteiger partial charge on any atom is -0.382 e. The SMILES string of the molecule is C=Cc1ccc(C(F)(F)F)cc1OS(C)(=O)=O. The fourth-order valence-electron chi connectivity index (χ4n) is 1.11. The van der Waals surface area contributed by atoms with E-state index in [1.807, 2.05) is 0 Å². The van der Waals surface area contributed by atoms with Gasteiger partial charge in [-0.2, -0.15) is 21.6 Å². The molecule has 0 aromatic heterocycles. The number of benzene rings is 1. The smallest absolute Gasteiger partial charge is 0.382 e. The first-order chi connectivity index (χ1) is 7.63. The molecule has 0 N–H and O–H groups in total. The molecule has 0 aliphatic heterocycles. The molecule has 0 saturated heterocycles. The van der Waals surface area contributed by atoms with Crippen LogP contribution in [0.3, 0.4) is 0 Å². The maximum atomic E-state index is 12.4. The van der Waals surface area contributed by atoms with Crippen LogP contribution in [0, 0.1) is 0 Å². The summed E-state index contributed by atoms with van der Waals surface area (Å²) in [6.07, 6.45) is -2.60. The fraction of sp³-hybridized carbons (Fsp3) is 0.200. The highest BCUT2D eigenvalue weighted by Gasteiger charge is 2.31. The highest BCUT2D eigenvalue weighted by Crippen LogP contribution is 2.33. The first-order valence-electron chi connectivity index (χ1n) is 4.36. The average Bonchev–Trinajstić information content (AvgIpc) is 2.13. The lowest BCUT2D eigenvalue weighted by Gasteiger charge is -2.11. The van der Waals surface area contributed by atoms with E-state index in [1.165, 1.54) is 6.08 Å². The number of hydrogen-bond acceptors (Lipinski definition) is 3. The Morgan fingerprint density at radius 2 is 1.94 bits per heavy atom. The van der Waals surface area contributed by atoms with Gasteiger partial charge in [0, 0.05) is 5.56 Å². The molecule has 0 aliphatic rings. The normalized spacial score (nSPS) is 12.2. The quantitative estimate of drug-likeness (QED) is 0.790. The molecule has 0 atom stereocenters. The second-order valence-corrected chi connectivity index (χ2v) is 4.82. The van der Waals surface area contributed by atoms with Crippen molar-refractivity contribution in [2.75, 3.05) is 6.26 Å². The highest BCUT2D eigenvalue weighted by molar-refractivity contribution is 7.86. The van der Waals surface area contributed by atoms with Gasteiger partial charge in [0.2, 0.25) is 0 Å². The van der Waals surface area contributed by atoms with Crippen molar-refractivity contribution in [1.82, 2.24) is 0 Å². The third-order valence-corrected chi connectivity index (χ3v) is 2.28. The summed E-state index contributed by atoms with van der Waals surface area (Å²) in [6.45, 7) is 3.36. The second kappa shape index (κ2) is 4.40. The molecular formula is C10H9F3O3S. The average molecular weight is 266 g/mol. The molecule has 0 saturated carbocycles. The predicted molar refractivity (Wildman–Crippen MR) is 57.0 cm³/mol. The molecule has 1 aromatic carbocycles. The molecule has 0 bridgehead atoms. The van der Waals surface area contributed by atoms with Crippen molar-refractivity contribution in [2.24, 2.45) is 0 Å². The van der Waals surface area contributed by atoms with Crippen molar-refractivity contribution in [3.05, 3.63) is 35.9 Å². The lowest BCUT2D eigenvalue weighted by molar-refractivity contribution is -0.137. The van der Waals surface area contributed by atoms with Gasteiger partial charge in [-0.25, -0.2) is 0 Å². The topological polar surface area (TPSA) is 43.4 Å². The van der Waals surface area contributed by atoms with Crippen LogP contribution >= 0.6 is 0 Å². The molecule has 1 rings (SSSR count). The number of hydrogen-bond donors (Lipinski definition) is 0. The number of rotatable bonds is 3. The summed E-state index contributed by atoms with van der Waals surface area (Å²) < 4.78 is 63.5. The Morgan fingerprint density at radius 3 is 2.35 bits per heavy atom. The number of halogens is 3. The Morgan fingerprint density at radius 1 is 1.35 bits per heavy atom. The largest absolute Gasteiger partial charge is 0.416 e. The lowest BCUT2D eigenvalue weighted by Crippen LogP contribution is -2.09. The van der Waals surface area contributed by atoms with Crippen molar-refractivity contribution < 1.29 is 25.8 Å². The summed E-state index contributed by atoms with van der Waals surface area (Å²) in [5, 5.41) is 0. The molecular weight excluding hydrogens is 257 g/mol. The van der Waals surface area contributed by atoms with E-state index in [0.717, 1.165) is 18.4 Å². The van der Waals surface area contributed by atoms with Crippen LogP contribution in [0.1, 0.15) is 11.1 Å². The Labute approximate surface area is 96.6 Å². The van der Waals surface area contributed by atoms with Gasteiger partial charge in [0.1, 0.15) is 5.75 Å². The standard InChI is InChI=1S/C10H9F3O3S/c1-3-7-4-5-8(10(11,12)13)6-9(7)16-17(2,14)15/h3-6H,1H2,2H3. The molecule has 0 radical (unpaired) electrons. The van der Waals surface area contributed by atoms with E-state index in [-0.39, 0.29) is 5.56 Å². The van der Waals surface area contributed by atoms with E-state index in [4.69, 9.17) is 0 Å². The maximum absolute atomic E-state index is 12.4. The van der Waals surface area contributed by atoms with E-state index in [9.17, 15) is 21.6 Å². The summed E-state index contributed by atoms with van der Waals surface area (Å²) in [5.74, 6) is -0.391. The van der Waals surface area contributed by atoms with Crippen molar-refractivity contribution >= 4 is 16.2 Å². The molecule has 1 aromatic rings. The van der Waals surface area contributed by atoms with E-state index >= 15 is 0 Å². The van der Waals surface area contributed by atoms with Crippen LogP contribution in [-0.2, 0) is 16.3 Å². The summed E-state index contributed by atoms with van der Waals surface area (Å²) in [5.41, 5.74) is -0.815. The van der Waals surface area contributed by atoms with Gasteiger partial charge in [0.25, 0.3) is 0 Å². The Bertz CT molecular complexity index is 532. The minimum atomic E-state index is -4.56. The highest BCUT2D eigenvalue weighted by atomic mass is 32.2. The maximum Gasteiger partial charge on any atom is 0.416 e. The van der Waals surface area contributed by atoms with Gasteiger partial charge in [0.15, 0.2) is 0 Å². The zero-order valence-corrected chi connectivity index (χ0v) is 9.60. The van der Waals surface area contributed by atoms with E-state index in [0.29, 0.717) is 6.07 Å². The van der Waals surface area contributed by atoms with E-state index in [1.54, 1.807) is 0 Å². The predicted octanol–water partition coefficient (Wildman–Crippen LogP) is 2.69. The van der Waals surface area contributed by atoms with Crippen LogP contribution in [0.2, 0.25) is 0 Å². The zero-order valence-electron chi connectivity index (χ0n) is 8.78. The molecule has 17 heavy (non-hydrogen) atoms. The molecule has 0 fully saturated rings. The van der Waals surface area contributed by atoms with Crippen LogP contribution in [0.25, 0.3) is 6.08 Å². The molecule has 0 spiro atoms. The summed E-state index contributed by atoms with van der Waals surface area (Å²) in [4.78, 5) is 0. The molecule has 0 unspecified atom stereocenters. The van der Waals surface area contributed by atoms with Crippen LogP contribution in [-0.4, -0.2) is 14.7 Å². The molecule has 94 valence electrons. The third-order valence-electron chi connectivity index (χ3n) is 1.80. The van der Waals surface area contributed by atoms with Crippen molar-refractivity contribution in [3.63, 3.8) is 0 Å². The van der Waals surface area contributed by atoms with Crippen LogP contribution in [0.5, 0.6) is 5.75 Å². The van der Waals surface area contributed by atoms with Gasteiger partial charge in [-0.05, 0) is 12.1 Å². The molecule has 0 aliphatic carbocycles. The zero-order chi connectivity index (χ0) is 13.3. The molecule has 0 heterocycles. The van der Waals surface area contributed by atoms with Crippen molar-refractivity contribution in [1.29, 1.82) is 0 Å². The molecule has 0 amide bonds. The fourth-order valence-corrected chi connectivity index (χ4v) is 1.59. The van der Waals surface area contributed by atoms with Crippen LogP contribution < -0.4 is 4.18 Å². The van der Waals surface area contributed by atoms with Gasteiger partial charge in [-0.3, -0.25) is 0 Å². The van der Waals surface area contributed by atoms with Gasteiger partial charge in [-0.1, -0.05) is 18.7 Å². The van der Waals surface area contributed by atoms with Gasteiger partial charge >= 0.3 is 16.3 Å². The monoisotopic (exact) mass is 266 g/mol. The molecule has 7 heteroatoms. The van der Waals surface area contributed by atoms with E-state index in [2.05, 4.69) is 10.8 Å². The van der Waals surface area contributed by atoms with Crippen LogP contribution in [0.15, 0.2) is 24.8 Å². The van der Waals surface area contributed by atoms with Crippen molar-refractivity contribution in [2.45, 2.75) is 6.18 Å². The van der Waals surface area contributed by atoms with Gasteiger partial charge < -0.3 is 4.18 Å². The minimum absolute atomic E-state index is 0.170. The first kappa shape index (κ1) is 13.6. The lowest BCUT2D eigenvalue weighted by atomic mass is 10.1. The van der Waals surface area contributed by atoms with Gasteiger partial charge in [-0.15, -0.1) is 0 Å². The molecule has 3 nitrogen and oxygen atoms in total. The summed E-state index contributed by atoms with van der Waals surface area (Å²) in [7, 11) is -3.89. The number of alkyl halides is 3. The van der Waals surface area contributed by atoms with Crippen LogP contribution in [0.4, 0.5) is 13.2 Å². The third kappa shape index (κ3) is 3.77. The summed E-state index contributed by atoms with van der Waals surface area (Å²) >= 11 is 0. The summed E-state index contributed by atoms with van der Waals surface area (Å²) in [6, 6.07) is 2.54. The Balaban J connectivity index is 3.30. The first-order valence-corrected chi connectivity index (χ1v) is 6.18. The Hall–Kier alpha value is -1.50. The Kier molecular flexibility index (Phi) is 3.51. The van der Waals surface area contributed by atoms with Crippen molar-refractivity contribution in [3.8, 4) is 5.75 Å². The second-order valence-electron chi connectivity index (χ2n) is 3.24. The van der Waals surface area contributed by atoms with E-state index < -0.39 is 27.6 Å².